The number of rotatable bonds is 6. The first kappa shape index (κ1) is 20.1. The first-order chi connectivity index (χ1) is 13.9. The molecule has 2 fully saturated rings. The number of hydrogen-bond acceptors (Lipinski definition) is 8. The number of aliphatic hydroxyl groups is 1. The van der Waals surface area contributed by atoms with Crippen molar-refractivity contribution in [3.05, 3.63) is 36.0 Å². The maximum absolute atomic E-state index is 12.9. The molecule has 4 rings (SSSR count). The zero-order valence-electron chi connectivity index (χ0n) is 16.4. The van der Waals surface area contributed by atoms with Gasteiger partial charge in [-0.2, -0.15) is 0 Å². The first-order valence-electron chi connectivity index (χ1n) is 9.79. The molecule has 0 spiro atoms. The van der Waals surface area contributed by atoms with Gasteiger partial charge in [-0.1, -0.05) is 0 Å². The summed E-state index contributed by atoms with van der Waals surface area (Å²) in [6.07, 6.45) is 1.01. The predicted octanol–water partition coefficient (Wildman–Crippen LogP) is 1.35. The highest BCUT2D eigenvalue weighted by Gasteiger charge is 2.56. The van der Waals surface area contributed by atoms with E-state index in [9.17, 15) is 13.5 Å². The number of sulfone groups is 1. The fourth-order valence-corrected chi connectivity index (χ4v) is 5.58. The highest BCUT2D eigenvalue weighted by atomic mass is 32.2. The Balaban J connectivity index is 1.84. The maximum atomic E-state index is 12.9. The van der Waals surface area contributed by atoms with Crippen molar-refractivity contribution in [2.75, 3.05) is 42.8 Å². The second-order valence-corrected chi connectivity index (χ2v) is 10.1. The number of hydrogen-bond donors (Lipinski definition) is 2. The van der Waals surface area contributed by atoms with Gasteiger partial charge in [-0.25, -0.2) is 18.4 Å². The molecule has 2 aliphatic rings. The van der Waals surface area contributed by atoms with E-state index in [0.29, 0.717) is 55.6 Å². The normalized spacial score (nSPS) is 21.2. The summed E-state index contributed by atoms with van der Waals surface area (Å²) in [7, 11) is -3.52. The molecule has 1 atom stereocenters. The third-order valence-corrected chi connectivity index (χ3v) is 8.20. The minimum absolute atomic E-state index is 0.120. The van der Waals surface area contributed by atoms with Crippen LogP contribution in [0.4, 0.5) is 11.5 Å². The standard InChI is InChI=1S/C20H26N4O4S/c1-14-13-28-10-8-24(14)18-12-17(20(6-7-20)29(26,27)11-9-25)22-19(23-18)15-2-4-16(21)5-3-15/h2-5,12,14,25H,6-11,13,21H2,1H3. The van der Waals surface area contributed by atoms with Gasteiger partial charge in [0.15, 0.2) is 15.7 Å². The van der Waals surface area contributed by atoms with Gasteiger partial charge >= 0.3 is 0 Å². The Morgan fingerprint density at radius 2 is 2.00 bits per heavy atom. The third-order valence-electron chi connectivity index (χ3n) is 5.67. The van der Waals surface area contributed by atoms with Crippen LogP contribution in [0.3, 0.4) is 0 Å². The lowest BCUT2D eigenvalue weighted by molar-refractivity contribution is 0.0985. The molecule has 0 amide bonds. The summed E-state index contributed by atoms with van der Waals surface area (Å²) in [5.41, 5.74) is 7.72. The van der Waals surface area contributed by atoms with Crippen molar-refractivity contribution < 1.29 is 18.3 Å². The molecule has 8 nitrogen and oxygen atoms in total. The topological polar surface area (TPSA) is 119 Å². The molecular formula is C20H26N4O4S. The van der Waals surface area contributed by atoms with Crippen molar-refractivity contribution in [1.82, 2.24) is 9.97 Å². The molecule has 3 N–H and O–H groups in total. The Kier molecular flexibility index (Phi) is 5.22. The van der Waals surface area contributed by atoms with Crippen LogP contribution in [0.25, 0.3) is 11.4 Å². The van der Waals surface area contributed by atoms with E-state index in [4.69, 9.17) is 15.5 Å². The molecule has 9 heteroatoms. The molecule has 0 radical (unpaired) electrons. The van der Waals surface area contributed by atoms with E-state index >= 15 is 0 Å². The van der Waals surface area contributed by atoms with Crippen LogP contribution in [-0.2, 0) is 19.3 Å². The summed E-state index contributed by atoms with van der Waals surface area (Å²) < 4.78 is 30.3. The summed E-state index contributed by atoms with van der Waals surface area (Å²) in [5, 5.41) is 9.25. The molecule has 29 heavy (non-hydrogen) atoms. The van der Waals surface area contributed by atoms with Crippen LogP contribution >= 0.6 is 0 Å². The summed E-state index contributed by atoms with van der Waals surface area (Å²) in [6.45, 7) is 3.51. The van der Waals surface area contributed by atoms with Crippen LogP contribution in [-0.4, -0.2) is 61.7 Å². The zero-order valence-corrected chi connectivity index (χ0v) is 17.2. The number of aromatic nitrogens is 2. The van der Waals surface area contributed by atoms with Crippen LogP contribution in [0.15, 0.2) is 30.3 Å². The van der Waals surface area contributed by atoms with Crippen LogP contribution < -0.4 is 10.6 Å². The molecule has 0 bridgehead atoms. The summed E-state index contributed by atoms with van der Waals surface area (Å²) in [5.74, 6) is 0.905. The van der Waals surface area contributed by atoms with E-state index in [2.05, 4.69) is 16.8 Å². The van der Waals surface area contributed by atoms with Crippen LogP contribution in [0.2, 0.25) is 0 Å². The lowest BCUT2D eigenvalue weighted by atomic mass is 10.1. The van der Waals surface area contributed by atoms with E-state index in [1.165, 1.54) is 0 Å². The number of ether oxygens (including phenoxy) is 1. The van der Waals surface area contributed by atoms with Gasteiger partial charge in [0.05, 0.1) is 37.3 Å². The van der Waals surface area contributed by atoms with Gasteiger partial charge < -0.3 is 20.5 Å². The SMILES string of the molecule is CC1COCCN1c1cc(C2(S(=O)(=O)CCO)CC2)nc(-c2ccc(N)cc2)n1. The zero-order chi connectivity index (χ0) is 20.6. The van der Waals surface area contributed by atoms with Gasteiger partial charge in [-0.05, 0) is 44.0 Å². The van der Waals surface area contributed by atoms with Crippen molar-refractivity contribution >= 4 is 21.3 Å². The molecule has 1 aliphatic carbocycles. The molecule has 1 saturated heterocycles. The second-order valence-electron chi connectivity index (χ2n) is 7.71. The Morgan fingerprint density at radius 1 is 1.28 bits per heavy atom. The van der Waals surface area contributed by atoms with Gasteiger partial charge in [-0.3, -0.25) is 0 Å². The van der Waals surface area contributed by atoms with Crippen LogP contribution in [0, 0.1) is 0 Å². The Labute approximate surface area is 170 Å². The van der Waals surface area contributed by atoms with E-state index < -0.39 is 21.2 Å². The maximum Gasteiger partial charge on any atom is 0.163 e. The average Bonchev–Trinajstić information content (AvgIpc) is 3.51. The molecule has 1 saturated carbocycles. The van der Waals surface area contributed by atoms with Gasteiger partial charge in [0.1, 0.15) is 10.6 Å². The molecule has 1 aromatic carbocycles. The number of nitrogens with two attached hydrogens (primary N) is 1. The van der Waals surface area contributed by atoms with Gasteiger partial charge in [0.2, 0.25) is 0 Å². The third kappa shape index (κ3) is 3.70. The monoisotopic (exact) mass is 418 g/mol. The van der Waals surface area contributed by atoms with Gasteiger partial charge in [0.25, 0.3) is 0 Å². The predicted molar refractivity (Wildman–Crippen MR) is 111 cm³/mol. The second kappa shape index (κ2) is 7.55. The fourth-order valence-electron chi connectivity index (χ4n) is 3.80. The number of aliphatic hydroxyl groups excluding tert-OH is 1. The van der Waals surface area contributed by atoms with Crippen molar-refractivity contribution in [3.8, 4) is 11.4 Å². The fraction of sp³-hybridized carbons (Fsp3) is 0.500. The van der Waals surface area contributed by atoms with Gasteiger partial charge in [-0.15, -0.1) is 0 Å². The van der Waals surface area contributed by atoms with Crippen molar-refractivity contribution in [2.24, 2.45) is 0 Å². The van der Waals surface area contributed by atoms with E-state index in [1.54, 1.807) is 18.2 Å². The largest absolute Gasteiger partial charge is 0.399 e. The molecule has 1 aromatic heterocycles. The molecular weight excluding hydrogens is 392 g/mol. The highest BCUT2D eigenvalue weighted by molar-refractivity contribution is 7.92. The molecule has 1 aliphatic heterocycles. The highest BCUT2D eigenvalue weighted by Crippen LogP contribution is 2.53. The van der Waals surface area contributed by atoms with Crippen LogP contribution in [0.1, 0.15) is 25.5 Å². The first-order valence-corrected chi connectivity index (χ1v) is 11.4. The van der Waals surface area contributed by atoms with E-state index in [-0.39, 0.29) is 11.8 Å². The quantitative estimate of drug-likeness (QED) is 0.675. The minimum Gasteiger partial charge on any atom is -0.399 e. The number of benzene rings is 1. The molecule has 2 heterocycles. The number of anilines is 2. The summed E-state index contributed by atoms with van der Waals surface area (Å²) in [6, 6.07) is 9.14. The molecule has 1 unspecified atom stereocenters. The molecule has 2 aromatic rings. The number of morpholine rings is 1. The van der Waals surface area contributed by atoms with Crippen molar-refractivity contribution in [3.63, 3.8) is 0 Å². The Hall–Kier alpha value is -2.23. The lowest BCUT2D eigenvalue weighted by Gasteiger charge is -2.34. The van der Waals surface area contributed by atoms with E-state index in [1.807, 2.05) is 12.1 Å². The number of nitrogens with zero attached hydrogens (tertiary/aromatic N) is 3. The van der Waals surface area contributed by atoms with Crippen LogP contribution in [0.5, 0.6) is 0 Å². The minimum atomic E-state index is -3.52. The lowest BCUT2D eigenvalue weighted by Crippen LogP contribution is -2.44. The smallest absolute Gasteiger partial charge is 0.163 e. The van der Waals surface area contributed by atoms with E-state index in [0.717, 1.165) is 5.56 Å². The average molecular weight is 419 g/mol. The number of nitrogen functional groups attached to an aromatic ring is 1. The molecule has 156 valence electrons. The van der Waals surface area contributed by atoms with Crippen molar-refractivity contribution in [1.29, 1.82) is 0 Å². The Bertz CT molecular complexity index is 990. The summed E-state index contributed by atoms with van der Waals surface area (Å²) >= 11 is 0. The van der Waals surface area contributed by atoms with Gasteiger partial charge in [0, 0.05) is 23.9 Å². The van der Waals surface area contributed by atoms with Crippen molar-refractivity contribution in [2.45, 2.75) is 30.6 Å². The summed E-state index contributed by atoms with van der Waals surface area (Å²) in [4.78, 5) is 11.5. The Morgan fingerprint density at radius 3 is 2.62 bits per heavy atom.